The van der Waals surface area contributed by atoms with Crippen LogP contribution in [0, 0.1) is 5.41 Å². The zero-order valence-electron chi connectivity index (χ0n) is 16.2. The highest BCUT2D eigenvalue weighted by molar-refractivity contribution is 5.93. The number of epoxide rings is 1. The molecule has 0 N–H and O–H groups in total. The number of hydrogen-bond donors (Lipinski definition) is 0. The highest BCUT2D eigenvalue weighted by Gasteiger charge is 2.74. The lowest BCUT2D eigenvalue weighted by molar-refractivity contribution is -0.137. The Hall–Kier alpha value is -1.85. The number of methoxy groups -OCH3 is 1. The van der Waals surface area contributed by atoms with Crippen LogP contribution in [0.3, 0.4) is 0 Å². The third-order valence-electron chi connectivity index (χ3n) is 8.12. The number of para-hydroxylation sites is 1. The Bertz CT molecular complexity index is 895. The van der Waals surface area contributed by atoms with E-state index in [-0.39, 0.29) is 22.9 Å². The molecule has 5 atom stereocenters. The molecule has 0 aromatic heterocycles. The van der Waals surface area contributed by atoms with Crippen LogP contribution < -0.4 is 4.90 Å². The van der Waals surface area contributed by atoms with Crippen LogP contribution in [0.5, 0.6) is 0 Å². The van der Waals surface area contributed by atoms with Crippen LogP contribution in [0.1, 0.15) is 31.7 Å². The molecule has 1 spiro atoms. The average Bonchev–Trinajstić information content (AvgIpc) is 3.33. The molecule has 0 amide bonds. The molecule has 4 aliphatic heterocycles. The average molecular weight is 366 g/mol. The molecular weight excluding hydrogens is 340 g/mol. The molecule has 6 rings (SSSR count). The van der Waals surface area contributed by atoms with Gasteiger partial charge in [-0.1, -0.05) is 25.1 Å². The molecule has 0 saturated carbocycles. The van der Waals surface area contributed by atoms with Gasteiger partial charge in [-0.25, -0.2) is 4.79 Å². The number of ether oxygens (including phenoxy) is 2. The van der Waals surface area contributed by atoms with Crippen LogP contribution in [-0.4, -0.2) is 56.4 Å². The number of likely N-dealkylation sites (N-methyl/N-ethyl adjacent to an activating group) is 1. The maximum absolute atomic E-state index is 13.0. The number of fused-ring (bicyclic) bond motifs is 3. The van der Waals surface area contributed by atoms with Gasteiger partial charge in [0.1, 0.15) is 0 Å². The van der Waals surface area contributed by atoms with Crippen molar-refractivity contribution >= 4 is 11.7 Å². The minimum atomic E-state index is -0.170. The molecule has 5 unspecified atom stereocenters. The summed E-state index contributed by atoms with van der Waals surface area (Å²) in [5.41, 5.74) is 4.54. The van der Waals surface area contributed by atoms with Gasteiger partial charge in [0, 0.05) is 36.4 Å². The van der Waals surface area contributed by atoms with Crippen LogP contribution in [0.25, 0.3) is 0 Å². The van der Waals surface area contributed by atoms with Crippen LogP contribution in [0.15, 0.2) is 35.5 Å². The number of nitrogens with zero attached hydrogens (tertiary/aromatic N) is 2. The van der Waals surface area contributed by atoms with E-state index >= 15 is 0 Å². The van der Waals surface area contributed by atoms with E-state index in [0.29, 0.717) is 12.1 Å². The van der Waals surface area contributed by atoms with Gasteiger partial charge in [-0.05, 0) is 37.4 Å². The van der Waals surface area contributed by atoms with Crippen molar-refractivity contribution in [3.8, 4) is 0 Å². The zero-order chi connectivity index (χ0) is 18.6. The van der Waals surface area contributed by atoms with Gasteiger partial charge in [0.2, 0.25) is 0 Å². The summed E-state index contributed by atoms with van der Waals surface area (Å²) in [4.78, 5) is 17.9. The van der Waals surface area contributed by atoms with Crippen LogP contribution in [0.2, 0.25) is 0 Å². The van der Waals surface area contributed by atoms with E-state index in [2.05, 4.69) is 48.0 Å². The second-order valence-corrected chi connectivity index (χ2v) is 8.87. The summed E-state index contributed by atoms with van der Waals surface area (Å²) in [6.45, 7) is 4.38. The summed E-state index contributed by atoms with van der Waals surface area (Å²) in [6, 6.07) is 9.12. The molecule has 4 heterocycles. The Morgan fingerprint density at radius 1 is 1.37 bits per heavy atom. The molecule has 3 saturated heterocycles. The molecule has 5 nitrogen and oxygen atoms in total. The molecule has 1 aliphatic carbocycles. The summed E-state index contributed by atoms with van der Waals surface area (Å²) < 4.78 is 11.5. The fourth-order valence-electron chi connectivity index (χ4n) is 7.24. The summed E-state index contributed by atoms with van der Waals surface area (Å²) in [7, 11) is 3.63. The molecule has 5 aliphatic rings. The topological polar surface area (TPSA) is 45.3 Å². The number of carbonyl (C=O) groups is 1. The van der Waals surface area contributed by atoms with Gasteiger partial charge in [-0.3, -0.25) is 4.90 Å². The number of hydrogen-bond acceptors (Lipinski definition) is 5. The first-order valence-electron chi connectivity index (χ1n) is 10.1. The number of anilines is 1. The molecular formula is C22H26N2O3. The Labute approximate surface area is 159 Å². The van der Waals surface area contributed by atoms with Crippen molar-refractivity contribution in [2.45, 2.75) is 49.9 Å². The summed E-state index contributed by atoms with van der Waals surface area (Å²) in [5.74, 6) is -0.170. The molecule has 1 aromatic rings. The summed E-state index contributed by atoms with van der Waals surface area (Å²) >= 11 is 0. The Morgan fingerprint density at radius 3 is 2.96 bits per heavy atom. The van der Waals surface area contributed by atoms with Crippen molar-refractivity contribution < 1.29 is 14.3 Å². The second kappa shape index (κ2) is 4.95. The maximum Gasteiger partial charge on any atom is 0.335 e. The van der Waals surface area contributed by atoms with Crippen molar-refractivity contribution in [3.05, 3.63) is 41.1 Å². The van der Waals surface area contributed by atoms with Crippen LogP contribution in [-0.2, 0) is 19.7 Å². The van der Waals surface area contributed by atoms with Gasteiger partial charge in [0.25, 0.3) is 0 Å². The van der Waals surface area contributed by atoms with E-state index in [0.717, 1.165) is 37.9 Å². The first-order valence-corrected chi connectivity index (χ1v) is 10.1. The number of esters is 1. The van der Waals surface area contributed by atoms with E-state index < -0.39 is 0 Å². The van der Waals surface area contributed by atoms with Crippen molar-refractivity contribution in [1.82, 2.24) is 4.90 Å². The SMILES string of the molecule is CCC12CC(C(=O)OC)=C3N(C)c4ccccc4C34CCN(CC3OC31)C42. The predicted molar refractivity (Wildman–Crippen MR) is 102 cm³/mol. The summed E-state index contributed by atoms with van der Waals surface area (Å²) in [5, 5.41) is 0. The largest absolute Gasteiger partial charge is 0.466 e. The van der Waals surface area contributed by atoms with E-state index in [1.807, 2.05) is 0 Å². The molecule has 0 radical (unpaired) electrons. The van der Waals surface area contributed by atoms with Crippen molar-refractivity contribution in [3.63, 3.8) is 0 Å². The minimum absolute atomic E-state index is 0.00920. The van der Waals surface area contributed by atoms with Crippen molar-refractivity contribution in [1.29, 1.82) is 0 Å². The molecule has 1 aromatic carbocycles. The minimum Gasteiger partial charge on any atom is -0.466 e. The highest BCUT2D eigenvalue weighted by atomic mass is 16.6. The van der Waals surface area contributed by atoms with Crippen molar-refractivity contribution in [2.75, 3.05) is 32.1 Å². The Kier molecular flexibility index (Phi) is 2.96. The normalized spacial score (nSPS) is 41.0. The van der Waals surface area contributed by atoms with E-state index in [4.69, 9.17) is 9.47 Å². The van der Waals surface area contributed by atoms with Crippen LogP contribution >= 0.6 is 0 Å². The van der Waals surface area contributed by atoms with Gasteiger partial charge in [-0.15, -0.1) is 0 Å². The monoisotopic (exact) mass is 366 g/mol. The number of rotatable bonds is 2. The third-order valence-corrected chi connectivity index (χ3v) is 8.12. The quantitative estimate of drug-likeness (QED) is 0.594. The Morgan fingerprint density at radius 2 is 2.19 bits per heavy atom. The molecule has 27 heavy (non-hydrogen) atoms. The maximum atomic E-state index is 13.0. The smallest absolute Gasteiger partial charge is 0.335 e. The van der Waals surface area contributed by atoms with Gasteiger partial charge >= 0.3 is 5.97 Å². The lowest BCUT2D eigenvalue weighted by Crippen LogP contribution is -2.63. The van der Waals surface area contributed by atoms with E-state index in [9.17, 15) is 4.79 Å². The number of carbonyl (C=O) groups excluding carboxylic acids is 1. The zero-order valence-corrected chi connectivity index (χ0v) is 16.2. The molecule has 142 valence electrons. The lowest BCUT2D eigenvalue weighted by atomic mass is 9.53. The number of piperidine rings is 1. The Balaban J connectivity index is 1.69. The third kappa shape index (κ3) is 1.63. The van der Waals surface area contributed by atoms with Gasteiger partial charge < -0.3 is 14.4 Å². The number of benzene rings is 1. The summed E-state index contributed by atoms with van der Waals surface area (Å²) in [6.07, 6.45) is 3.46. The lowest BCUT2D eigenvalue weighted by Gasteiger charge is -2.55. The first kappa shape index (κ1) is 16.1. The van der Waals surface area contributed by atoms with E-state index in [1.54, 1.807) is 0 Å². The standard InChI is InChI=1S/C22H26N2O3/c1-4-21-11-13(19(25)26-3)17-22(14-7-5-6-8-15(14)23(17)2)9-10-24(20(21)22)12-16-18(21)27-16/h5-8,16,18,20H,4,9-12H2,1-3H3. The molecule has 0 bridgehead atoms. The van der Waals surface area contributed by atoms with E-state index in [1.165, 1.54) is 24.1 Å². The highest BCUT2D eigenvalue weighted by Crippen LogP contribution is 2.69. The van der Waals surface area contributed by atoms with Crippen molar-refractivity contribution in [2.24, 2.45) is 5.41 Å². The first-order chi connectivity index (χ1) is 13.1. The fraction of sp³-hybridized carbons (Fsp3) is 0.591. The second-order valence-electron chi connectivity index (χ2n) is 8.87. The fourth-order valence-corrected chi connectivity index (χ4v) is 7.24. The predicted octanol–water partition coefficient (Wildman–Crippen LogP) is 2.46. The molecule has 3 fully saturated rings. The molecule has 5 heteroatoms. The van der Waals surface area contributed by atoms with Gasteiger partial charge in [0.05, 0.1) is 30.3 Å². The van der Waals surface area contributed by atoms with Gasteiger partial charge in [-0.2, -0.15) is 0 Å². The van der Waals surface area contributed by atoms with Crippen LogP contribution in [0.4, 0.5) is 5.69 Å². The van der Waals surface area contributed by atoms with Gasteiger partial charge in [0.15, 0.2) is 0 Å².